The molecule has 0 spiro atoms. The first kappa shape index (κ1) is 10.8. The van der Waals surface area contributed by atoms with Crippen molar-refractivity contribution in [1.29, 1.82) is 0 Å². The molecule has 2 rings (SSSR count). The van der Waals surface area contributed by atoms with Crippen LogP contribution in [0.5, 0.6) is 0 Å². The molecule has 84 valence electrons. The van der Waals surface area contributed by atoms with Crippen molar-refractivity contribution in [3.8, 4) is 5.69 Å². The molecule has 0 bridgehead atoms. The van der Waals surface area contributed by atoms with E-state index in [1.54, 1.807) is 10.9 Å². The number of hydrogen-bond acceptors (Lipinski definition) is 4. The Morgan fingerprint density at radius 2 is 2.12 bits per heavy atom. The molecular formula is C11H15N5. The highest BCUT2D eigenvalue weighted by Gasteiger charge is 2.14. The van der Waals surface area contributed by atoms with Crippen molar-refractivity contribution in [1.82, 2.24) is 20.4 Å². The molecule has 0 aliphatic carbocycles. The molecular weight excluding hydrogens is 202 g/mol. The number of para-hydroxylation sites is 1. The quantitative estimate of drug-likeness (QED) is 0.596. The number of nitrogens with two attached hydrogens (primary N) is 1. The van der Waals surface area contributed by atoms with Crippen LogP contribution >= 0.6 is 0 Å². The van der Waals surface area contributed by atoms with E-state index < -0.39 is 0 Å². The van der Waals surface area contributed by atoms with Gasteiger partial charge in [-0.25, -0.2) is 4.68 Å². The first-order valence-electron chi connectivity index (χ1n) is 5.29. The molecule has 1 unspecified atom stereocenters. The summed E-state index contributed by atoms with van der Waals surface area (Å²) in [5, 5.41) is 8.01. The van der Waals surface area contributed by atoms with E-state index in [2.05, 4.69) is 22.7 Å². The lowest BCUT2D eigenvalue weighted by atomic mass is 10.2. The Morgan fingerprint density at radius 1 is 1.38 bits per heavy atom. The van der Waals surface area contributed by atoms with Crippen LogP contribution < -0.4 is 11.3 Å². The minimum atomic E-state index is 0.0650. The topological polar surface area (TPSA) is 68.8 Å². The minimum Gasteiger partial charge on any atom is -0.271 e. The Hall–Kier alpha value is -1.72. The summed E-state index contributed by atoms with van der Waals surface area (Å²) < 4.78 is 1.80. The van der Waals surface area contributed by atoms with Gasteiger partial charge in [0.25, 0.3) is 0 Å². The molecule has 0 amide bonds. The number of nitrogens with zero attached hydrogens (tertiary/aromatic N) is 3. The summed E-state index contributed by atoms with van der Waals surface area (Å²) in [6, 6.07) is 9.95. The van der Waals surface area contributed by atoms with Gasteiger partial charge in [0.2, 0.25) is 0 Å². The van der Waals surface area contributed by atoms with Gasteiger partial charge in [-0.3, -0.25) is 11.3 Å². The zero-order valence-corrected chi connectivity index (χ0v) is 9.17. The standard InChI is InChI=1S/C11H15N5/c1-2-10(14-12)11-8-13-15-16(11)9-6-4-3-5-7-9/h3-8,10,14H,2,12H2,1H3. The monoisotopic (exact) mass is 217 g/mol. The molecule has 1 atom stereocenters. The fourth-order valence-electron chi connectivity index (χ4n) is 1.66. The van der Waals surface area contributed by atoms with Gasteiger partial charge in [-0.2, -0.15) is 0 Å². The van der Waals surface area contributed by atoms with Crippen molar-refractivity contribution in [2.75, 3.05) is 0 Å². The van der Waals surface area contributed by atoms with Crippen LogP contribution in [0, 0.1) is 0 Å². The predicted molar refractivity (Wildman–Crippen MR) is 61.7 cm³/mol. The SMILES string of the molecule is CCC(NN)c1cnnn1-c1ccccc1. The summed E-state index contributed by atoms with van der Waals surface area (Å²) in [5.41, 5.74) is 4.72. The normalized spacial score (nSPS) is 12.6. The third-order valence-electron chi connectivity index (χ3n) is 2.54. The fraction of sp³-hybridized carbons (Fsp3) is 0.273. The van der Waals surface area contributed by atoms with Crippen molar-refractivity contribution in [2.45, 2.75) is 19.4 Å². The first-order chi connectivity index (χ1) is 7.86. The summed E-state index contributed by atoms with van der Waals surface area (Å²) in [4.78, 5) is 0. The predicted octanol–water partition coefficient (Wildman–Crippen LogP) is 1.18. The van der Waals surface area contributed by atoms with Crippen LogP contribution in [0.3, 0.4) is 0 Å². The molecule has 16 heavy (non-hydrogen) atoms. The Balaban J connectivity index is 2.40. The third kappa shape index (κ3) is 1.95. The van der Waals surface area contributed by atoms with Gasteiger partial charge in [0.1, 0.15) is 0 Å². The number of hydrogen-bond donors (Lipinski definition) is 2. The highest BCUT2D eigenvalue weighted by atomic mass is 15.4. The molecule has 1 aromatic carbocycles. The molecule has 5 heteroatoms. The van der Waals surface area contributed by atoms with Crippen molar-refractivity contribution < 1.29 is 0 Å². The van der Waals surface area contributed by atoms with Crippen LogP contribution in [0.4, 0.5) is 0 Å². The average Bonchev–Trinajstić information content (AvgIpc) is 2.81. The summed E-state index contributed by atoms with van der Waals surface area (Å²) >= 11 is 0. The van der Waals surface area contributed by atoms with E-state index in [0.29, 0.717) is 0 Å². The Labute approximate surface area is 94.2 Å². The maximum absolute atomic E-state index is 5.50. The molecule has 0 saturated heterocycles. The molecule has 1 aromatic heterocycles. The van der Waals surface area contributed by atoms with Crippen LogP contribution in [-0.2, 0) is 0 Å². The van der Waals surface area contributed by atoms with Crippen molar-refractivity contribution in [2.24, 2.45) is 5.84 Å². The summed E-state index contributed by atoms with van der Waals surface area (Å²) in [5.74, 6) is 5.50. The Kier molecular flexibility index (Phi) is 3.28. The van der Waals surface area contributed by atoms with Gasteiger partial charge in [0, 0.05) is 0 Å². The largest absolute Gasteiger partial charge is 0.271 e. The molecule has 0 aliphatic heterocycles. The molecule has 1 heterocycles. The molecule has 3 N–H and O–H groups in total. The van der Waals surface area contributed by atoms with Gasteiger partial charge in [-0.1, -0.05) is 30.3 Å². The van der Waals surface area contributed by atoms with E-state index in [0.717, 1.165) is 17.8 Å². The van der Waals surface area contributed by atoms with Gasteiger partial charge < -0.3 is 0 Å². The van der Waals surface area contributed by atoms with Gasteiger partial charge in [-0.15, -0.1) is 5.10 Å². The molecule has 5 nitrogen and oxygen atoms in total. The van der Waals surface area contributed by atoms with Crippen LogP contribution in [-0.4, -0.2) is 15.0 Å². The Bertz CT molecular complexity index is 433. The second-order valence-electron chi connectivity index (χ2n) is 3.53. The fourth-order valence-corrected chi connectivity index (χ4v) is 1.66. The summed E-state index contributed by atoms with van der Waals surface area (Å²) in [7, 11) is 0. The third-order valence-corrected chi connectivity index (χ3v) is 2.54. The minimum absolute atomic E-state index is 0.0650. The second-order valence-corrected chi connectivity index (χ2v) is 3.53. The maximum atomic E-state index is 5.50. The molecule has 0 saturated carbocycles. The number of aromatic nitrogens is 3. The van der Waals surface area contributed by atoms with Crippen molar-refractivity contribution >= 4 is 0 Å². The van der Waals surface area contributed by atoms with Gasteiger partial charge in [0.05, 0.1) is 23.6 Å². The maximum Gasteiger partial charge on any atom is 0.0828 e. The molecule has 2 aromatic rings. The van der Waals surface area contributed by atoms with Crippen LogP contribution in [0.2, 0.25) is 0 Å². The van der Waals surface area contributed by atoms with Crippen LogP contribution in [0.25, 0.3) is 5.69 Å². The smallest absolute Gasteiger partial charge is 0.0828 e. The van der Waals surface area contributed by atoms with E-state index >= 15 is 0 Å². The number of hydrazine groups is 1. The lowest BCUT2D eigenvalue weighted by Gasteiger charge is -2.14. The Morgan fingerprint density at radius 3 is 2.75 bits per heavy atom. The van der Waals surface area contributed by atoms with Gasteiger partial charge in [0.15, 0.2) is 0 Å². The van der Waals surface area contributed by atoms with E-state index in [1.807, 2.05) is 30.3 Å². The van der Waals surface area contributed by atoms with E-state index in [9.17, 15) is 0 Å². The zero-order valence-electron chi connectivity index (χ0n) is 9.17. The lowest BCUT2D eigenvalue weighted by molar-refractivity contribution is 0.510. The van der Waals surface area contributed by atoms with E-state index in [1.165, 1.54) is 0 Å². The average molecular weight is 217 g/mol. The van der Waals surface area contributed by atoms with Crippen LogP contribution in [0.15, 0.2) is 36.5 Å². The van der Waals surface area contributed by atoms with Crippen molar-refractivity contribution in [3.63, 3.8) is 0 Å². The number of rotatable bonds is 4. The highest BCUT2D eigenvalue weighted by molar-refractivity contribution is 5.32. The summed E-state index contributed by atoms with van der Waals surface area (Å²) in [6.45, 7) is 2.06. The summed E-state index contributed by atoms with van der Waals surface area (Å²) in [6.07, 6.45) is 2.62. The lowest BCUT2D eigenvalue weighted by Crippen LogP contribution is -2.29. The molecule has 0 radical (unpaired) electrons. The zero-order chi connectivity index (χ0) is 11.4. The molecule has 0 aliphatic rings. The van der Waals surface area contributed by atoms with Gasteiger partial charge >= 0.3 is 0 Å². The van der Waals surface area contributed by atoms with Gasteiger partial charge in [-0.05, 0) is 18.6 Å². The molecule has 0 fully saturated rings. The van der Waals surface area contributed by atoms with Crippen LogP contribution in [0.1, 0.15) is 25.1 Å². The number of benzene rings is 1. The second kappa shape index (κ2) is 4.87. The van der Waals surface area contributed by atoms with Crippen molar-refractivity contribution in [3.05, 3.63) is 42.2 Å². The number of nitrogens with one attached hydrogen (secondary N) is 1. The highest BCUT2D eigenvalue weighted by Crippen LogP contribution is 2.17. The first-order valence-corrected chi connectivity index (χ1v) is 5.29. The van der Waals surface area contributed by atoms with E-state index in [-0.39, 0.29) is 6.04 Å². The van der Waals surface area contributed by atoms with E-state index in [4.69, 9.17) is 5.84 Å².